The minimum atomic E-state index is -0.0904. The number of hydrogen-bond acceptors (Lipinski definition) is 3. The Kier molecular flexibility index (Phi) is 4.56. The number of carbonyl (C=O) groups excluding carboxylic acids is 1. The van der Waals surface area contributed by atoms with Gasteiger partial charge in [-0.1, -0.05) is 60.7 Å². The van der Waals surface area contributed by atoms with Crippen LogP contribution in [0, 0.1) is 0 Å². The normalized spacial score (nSPS) is 15.4. The lowest BCUT2D eigenvalue weighted by atomic mass is 9.84. The smallest absolute Gasteiger partial charge is 0.226 e. The van der Waals surface area contributed by atoms with Gasteiger partial charge in [-0.05, 0) is 29.8 Å². The molecule has 148 valence electrons. The number of anilines is 1. The number of para-hydroxylation sites is 1. The zero-order chi connectivity index (χ0) is 20.5. The summed E-state index contributed by atoms with van der Waals surface area (Å²) in [6.45, 7) is 0. The van der Waals surface area contributed by atoms with E-state index in [2.05, 4.69) is 17.4 Å². The predicted octanol–water partition coefficient (Wildman–Crippen LogP) is 5.02. The molecule has 0 aliphatic carbocycles. The van der Waals surface area contributed by atoms with Crippen molar-refractivity contribution in [1.29, 1.82) is 0 Å². The molecule has 1 aliphatic rings. The highest BCUT2D eigenvalue weighted by Crippen LogP contribution is 2.44. The summed E-state index contributed by atoms with van der Waals surface area (Å²) < 4.78 is 7.14. The molecule has 0 spiro atoms. The van der Waals surface area contributed by atoms with E-state index in [9.17, 15) is 4.79 Å². The first kappa shape index (κ1) is 18.2. The van der Waals surface area contributed by atoms with Gasteiger partial charge < -0.3 is 10.1 Å². The maximum absolute atomic E-state index is 12.7. The molecule has 2 heterocycles. The van der Waals surface area contributed by atoms with Crippen molar-refractivity contribution in [3.63, 3.8) is 0 Å². The average molecular weight is 395 g/mol. The molecule has 0 fully saturated rings. The topological polar surface area (TPSA) is 56.1 Å². The van der Waals surface area contributed by atoms with Crippen molar-refractivity contribution in [3.8, 4) is 22.7 Å². The van der Waals surface area contributed by atoms with Gasteiger partial charge in [0.15, 0.2) is 0 Å². The number of ether oxygens (including phenoxy) is 1. The summed E-state index contributed by atoms with van der Waals surface area (Å²) in [5.41, 5.74) is 4.92. The molecule has 0 radical (unpaired) electrons. The Morgan fingerprint density at radius 3 is 2.27 bits per heavy atom. The molecule has 0 saturated heterocycles. The van der Waals surface area contributed by atoms with E-state index in [1.54, 1.807) is 7.11 Å². The van der Waals surface area contributed by atoms with Crippen molar-refractivity contribution in [3.05, 3.63) is 96.1 Å². The van der Waals surface area contributed by atoms with Crippen molar-refractivity contribution in [1.82, 2.24) is 9.78 Å². The van der Waals surface area contributed by atoms with Crippen molar-refractivity contribution in [2.75, 3.05) is 12.4 Å². The molecule has 4 aromatic rings. The number of aromatic nitrogens is 2. The Hall–Kier alpha value is -3.86. The SMILES string of the molecule is COc1ccc(C2CC(=O)Nc3c2c(-c2ccccc2)nn3-c2ccccc2)cc1. The lowest BCUT2D eigenvalue weighted by Gasteiger charge is -2.25. The number of nitrogens with one attached hydrogen (secondary N) is 1. The zero-order valence-corrected chi connectivity index (χ0v) is 16.6. The van der Waals surface area contributed by atoms with Crippen LogP contribution in [0.4, 0.5) is 5.82 Å². The van der Waals surface area contributed by atoms with E-state index in [1.165, 1.54) is 0 Å². The summed E-state index contributed by atoms with van der Waals surface area (Å²) in [6.07, 6.45) is 0.375. The van der Waals surface area contributed by atoms with Crippen LogP contribution in [0.15, 0.2) is 84.9 Å². The largest absolute Gasteiger partial charge is 0.497 e. The Morgan fingerprint density at radius 2 is 1.60 bits per heavy atom. The highest BCUT2D eigenvalue weighted by Gasteiger charge is 2.34. The van der Waals surface area contributed by atoms with E-state index in [-0.39, 0.29) is 11.8 Å². The van der Waals surface area contributed by atoms with Crippen LogP contribution in [0.25, 0.3) is 16.9 Å². The van der Waals surface area contributed by atoms with Gasteiger partial charge in [-0.2, -0.15) is 5.10 Å². The summed E-state index contributed by atoms with van der Waals surface area (Å²) >= 11 is 0. The van der Waals surface area contributed by atoms with Crippen LogP contribution < -0.4 is 10.1 Å². The van der Waals surface area contributed by atoms with E-state index >= 15 is 0 Å². The van der Waals surface area contributed by atoms with Gasteiger partial charge in [-0.15, -0.1) is 0 Å². The number of methoxy groups -OCH3 is 1. The van der Waals surface area contributed by atoms with E-state index in [0.29, 0.717) is 6.42 Å². The quantitative estimate of drug-likeness (QED) is 0.528. The molecule has 30 heavy (non-hydrogen) atoms. The Bertz CT molecular complexity index is 1180. The monoisotopic (exact) mass is 395 g/mol. The molecular formula is C25H21N3O2. The van der Waals surface area contributed by atoms with Crippen molar-refractivity contribution in [2.45, 2.75) is 12.3 Å². The summed E-state index contributed by atoms with van der Waals surface area (Å²) in [5, 5.41) is 8.03. The van der Waals surface area contributed by atoms with Crippen molar-refractivity contribution >= 4 is 11.7 Å². The van der Waals surface area contributed by atoms with E-state index in [1.807, 2.05) is 77.5 Å². The van der Waals surface area contributed by atoms with Gasteiger partial charge in [0.05, 0.1) is 18.5 Å². The Morgan fingerprint density at radius 1 is 0.933 bits per heavy atom. The summed E-state index contributed by atoms with van der Waals surface area (Å²) in [6, 6.07) is 27.9. The minimum Gasteiger partial charge on any atom is -0.497 e. The highest BCUT2D eigenvalue weighted by molar-refractivity contribution is 5.96. The second-order valence-electron chi connectivity index (χ2n) is 7.30. The second kappa shape index (κ2) is 7.52. The zero-order valence-electron chi connectivity index (χ0n) is 16.6. The summed E-state index contributed by atoms with van der Waals surface area (Å²) in [5.74, 6) is 1.42. The molecule has 3 aromatic carbocycles. The number of carbonyl (C=O) groups is 1. The van der Waals surface area contributed by atoms with Gasteiger partial charge in [0.1, 0.15) is 11.6 Å². The molecule has 1 aromatic heterocycles. The molecule has 5 rings (SSSR count). The fraction of sp³-hybridized carbons (Fsp3) is 0.120. The van der Waals surface area contributed by atoms with Gasteiger partial charge in [-0.3, -0.25) is 4.79 Å². The molecule has 5 nitrogen and oxygen atoms in total. The Balaban J connectivity index is 1.74. The van der Waals surface area contributed by atoms with Crippen LogP contribution in [0.1, 0.15) is 23.5 Å². The molecule has 1 aliphatic heterocycles. The molecule has 5 heteroatoms. The lowest BCUT2D eigenvalue weighted by Crippen LogP contribution is -2.24. The molecular weight excluding hydrogens is 374 g/mol. The highest BCUT2D eigenvalue weighted by atomic mass is 16.5. The van der Waals surface area contributed by atoms with E-state index in [0.717, 1.165) is 39.6 Å². The number of benzene rings is 3. The van der Waals surface area contributed by atoms with Crippen LogP contribution >= 0.6 is 0 Å². The number of rotatable bonds is 4. The fourth-order valence-electron chi connectivity index (χ4n) is 4.04. The van der Waals surface area contributed by atoms with Gasteiger partial charge in [0.25, 0.3) is 0 Å². The molecule has 1 unspecified atom stereocenters. The van der Waals surface area contributed by atoms with Crippen LogP contribution in [0.2, 0.25) is 0 Å². The lowest BCUT2D eigenvalue weighted by molar-refractivity contribution is -0.116. The first-order chi connectivity index (χ1) is 14.7. The van der Waals surface area contributed by atoms with Gasteiger partial charge in [-0.25, -0.2) is 4.68 Å². The fourth-order valence-corrected chi connectivity index (χ4v) is 4.04. The third-order valence-electron chi connectivity index (χ3n) is 5.48. The Labute approximate surface area is 174 Å². The van der Waals surface area contributed by atoms with Crippen molar-refractivity contribution in [2.24, 2.45) is 0 Å². The number of fused-ring (bicyclic) bond motifs is 1. The standard InChI is InChI=1S/C25H21N3O2/c1-30-20-14-12-17(13-15-20)21-16-22(29)26-25-23(21)24(18-8-4-2-5-9-18)27-28(25)19-10-6-3-7-11-19/h2-15,21H,16H2,1H3,(H,26,29). The van der Waals surface area contributed by atoms with E-state index < -0.39 is 0 Å². The van der Waals surface area contributed by atoms with Crippen LogP contribution in [-0.2, 0) is 4.79 Å². The maximum atomic E-state index is 12.7. The predicted molar refractivity (Wildman–Crippen MR) is 117 cm³/mol. The van der Waals surface area contributed by atoms with Crippen molar-refractivity contribution < 1.29 is 9.53 Å². The third-order valence-corrected chi connectivity index (χ3v) is 5.48. The number of nitrogens with zero attached hydrogens (tertiary/aromatic N) is 2. The third kappa shape index (κ3) is 3.14. The van der Waals surface area contributed by atoms with E-state index in [4.69, 9.17) is 9.84 Å². The van der Waals surface area contributed by atoms with Gasteiger partial charge in [0.2, 0.25) is 5.91 Å². The molecule has 0 saturated carbocycles. The summed E-state index contributed by atoms with van der Waals surface area (Å²) in [4.78, 5) is 12.7. The molecule has 1 atom stereocenters. The van der Waals surface area contributed by atoms with Crippen LogP contribution in [0.3, 0.4) is 0 Å². The van der Waals surface area contributed by atoms with Gasteiger partial charge in [0, 0.05) is 23.5 Å². The summed E-state index contributed by atoms with van der Waals surface area (Å²) in [7, 11) is 1.65. The minimum absolute atomic E-state index is 0.0139. The average Bonchev–Trinajstić information content (AvgIpc) is 3.19. The molecule has 1 amide bonds. The first-order valence-corrected chi connectivity index (χ1v) is 9.92. The number of hydrogen-bond donors (Lipinski definition) is 1. The second-order valence-corrected chi connectivity index (χ2v) is 7.30. The molecule has 0 bridgehead atoms. The van der Waals surface area contributed by atoms with Crippen LogP contribution in [-0.4, -0.2) is 22.8 Å². The van der Waals surface area contributed by atoms with Gasteiger partial charge >= 0.3 is 0 Å². The number of amides is 1. The van der Waals surface area contributed by atoms with Crippen LogP contribution in [0.5, 0.6) is 5.75 Å². The molecule has 1 N–H and O–H groups in total. The maximum Gasteiger partial charge on any atom is 0.226 e. The first-order valence-electron chi connectivity index (χ1n) is 9.92.